The van der Waals surface area contributed by atoms with Gasteiger partial charge in [-0.3, -0.25) is 9.78 Å². The molecule has 118 valence electrons. The summed E-state index contributed by atoms with van der Waals surface area (Å²) in [4.78, 5) is 16.2. The first-order valence-electron chi connectivity index (χ1n) is 6.65. The summed E-state index contributed by atoms with van der Waals surface area (Å²) in [7, 11) is -3.66. The lowest BCUT2D eigenvalue weighted by molar-refractivity contribution is 0.0976. The van der Waals surface area contributed by atoms with Gasteiger partial charge in [0.25, 0.3) is 5.91 Å². The van der Waals surface area contributed by atoms with Crippen molar-refractivity contribution in [3.8, 4) is 5.69 Å². The summed E-state index contributed by atoms with van der Waals surface area (Å²) in [6.45, 7) is 1.64. The van der Waals surface area contributed by atoms with Gasteiger partial charge in [0.05, 0.1) is 23.2 Å². The van der Waals surface area contributed by atoms with Crippen molar-refractivity contribution in [1.29, 1.82) is 0 Å². The molecule has 0 unspecified atom stereocenters. The van der Waals surface area contributed by atoms with Crippen LogP contribution in [-0.2, 0) is 10.0 Å². The lowest BCUT2D eigenvalue weighted by Crippen LogP contribution is -2.30. The molecule has 0 aliphatic carbocycles. The van der Waals surface area contributed by atoms with Gasteiger partial charge in [0.15, 0.2) is 5.69 Å². The molecule has 3 aromatic rings. The minimum atomic E-state index is -3.66. The maximum Gasteiger partial charge on any atom is 0.287 e. The predicted octanol–water partition coefficient (Wildman–Crippen LogP) is 0.813. The molecule has 2 heterocycles. The topological polar surface area (TPSA) is 107 Å². The molecular formula is C14H13N5O3S. The lowest BCUT2D eigenvalue weighted by atomic mass is 10.2. The van der Waals surface area contributed by atoms with Gasteiger partial charge in [-0.05, 0) is 31.2 Å². The number of hydrogen-bond acceptors (Lipinski definition) is 6. The number of rotatable bonds is 3. The van der Waals surface area contributed by atoms with Crippen molar-refractivity contribution in [2.45, 2.75) is 6.92 Å². The molecule has 0 aliphatic heterocycles. The van der Waals surface area contributed by atoms with Gasteiger partial charge in [0.1, 0.15) is 0 Å². The average Bonchev–Trinajstić information content (AvgIpc) is 2.87. The van der Waals surface area contributed by atoms with Gasteiger partial charge in [-0.2, -0.15) is 0 Å². The van der Waals surface area contributed by atoms with E-state index in [0.717, 1.165) is 17.2 Å². The maximum absolute atomic E-state index is 11.9. The minimum Gasteiger partial charge on any atom is -0.266 e. The van der Waals surface area contributed by atoms with Crippen molar-refractivity contribution >= 4 is 26.8 Å². The number of fused-ring (bicyclic) bond motifs is 1. The van der Waals surface area contributed by atoms with Gasteiger partial charge >= 0.3 is 0 Å². The van der Waals surface area contributed by atoms with Crippen LogP contribution in [0, 0.1) is 6.92 Å². The molecule has 0 radical (unpaired) electrons. The zero-order chi connectivity index (χ0) is 16.6. The van der Waals surface area contributed by atoms with Gasteiger partial charge in [-0.15, -0.1) is 5.10 Å². The molecule has 1 aromatic carbocycles. The van der Waals surface area contributed by atoms with Crippen molar-refractivity contribution in [1.82, 2.24) is 24.7 Å². The number of pyridine rings is 1. The molecule has 1 N–H and O–H groups in total. The quantitative estimate of drug-likeness (QED) is 0.761. The van der Waals surface area contributed by atoms with E-state index in [1.165, 1.54) is 4.68 Å². The Morgan fingerprint density at radius 1 is 1.26 bits per heavy atom. The summed E-state index contributed by atoms with van der Waals surface area (Å²) < 4.78 is 25.7. The summed E-state index contributed by atoms with van der Waals surface area (Å²) in [6.07, 6.45) is 2.61. The monoisotopic (exact) mass is 331 g/mol. The Morgan fingerprint density at radius 3 is 2.78 bits per heavy atom. The second-order valence-electron chi connectivity index (χ2n) is 5.02. The minimum absolute atomic E-state index is 0.0401. The van der Waals surface area contributed by atoms with Crippen LogP contribution in [0.4, 0.5) is 0 Å². The Bertz CT molecular complexity index is 1010. The first-order valence-corrected chi connectivity index (χ1v) is 8.54. The van der Waals surface area contributed by atoms with Crippen molar-refractivity contribution in [2.24, 2.45) is 0 Å². The maximum atomic E-state index is 11.9. The fourth-order valence-electron chi connectivity index (χ4n) is 2.20. The fourth-order valence-corrected chi connectivity index (χ4v) is 2.63. The largest absolute Gasteiger partial charge is 0.287 e. The van der Waals surface area contributed by atoms with Gasteiger partial charge in [0, 0.05) is 11.6 Å². The number of amides is 1. The second-order valence-corrected chi connectivity index (χ2v) is 6.77. The van der Waals surface area contributed by atoms with Crippen LogP contribution in [0.15, 0.2) is 36.5 Å². The fraction of sp³-hybridized carbons (Fsp3) is 0.143. The van der Waals surface area contributed by atoms with E-state index in [4.69, 9.17) is 0 Å². The first-order chi connectivity index (χ1) is 10.8. The van der Waals surface area contributed by atoms with E-state index >= 15 is 0 Å². The van der Waals surface area contributed by atoms with Crippen LogP contribution in [0.2, 0.25) is 0 Å². The van der Waals surface area contributed by atoms with Crippen LogP contribution in [0.3, 0.4) is 0 Å². The first kappa shape index (κ1) is 15.1. The molecule has 8 nitrogen and oxygen atoms in total. The number of aromatic nitrogens is 4. The van der Waals surface area contributed by atoms with Crippen LogP contribution in [0.25, 0.3) is 16.6 Å². The third-order valence-electron chi connectivity index (χ3n) is 3.22. The molecule has 0 aliphatic rings. The summed E-state index contributed by atoms with van der Waals surface area (Å²) in [5, 5.41) is 8.63. The van der Waals surface area contributed by atoms with Crippen molar-refractivity contribution < 1.29 is 13.2 Å². The van der Waals surface area contributed by atoms with Gasteiger partial charge in [-0.1, -0.05) is 11.3 Å². The van der Waals surface area contributed by atoms with Gasteiger partial charge < -0.3 is 0 Å². The van der Waals surface area contributed by atoms with E-state index in [-0.39, 0.29) is 5.69 Å². The van der Waals surface area contributed by atoms with E-state index in [2.05, 4.69) is 15.3 Å². The molecule has 2 aromatic heterocycles. The van der Waals surface area contributed by atoms with E-state index in [1.54, 1.807) is 19.2 Å². The number of benzene rings is 1. The summed E-state index contributed by atoms with van der Waals surface area (Å²) in [5.41, 5.74) is 1.94. The smallest absolute Gasteiger partial charge is 0.266 e. The summed E-state index contributed by atoms with van der Waals surface area (Å²) in [6, 6.07) is 9.24. The van der Waals surface area contributed by atoms with Crippen molar-refractivity contribution in [2.75, 3.05) is 6.26 Å². The number of sulfonamides is 1. The predicted molar refractivity (Wildman–Crippen MR) is 83.7 cm³/mol. The standard InChI is InChI=1S/C14H13N5O3S/c1-9-13(14(20)17-23(2,21)22)16-18-19(9)11-5-6-12-10(8-11)4-3-7-15-12/h3-8H,1-2H3,(H,17,20). The normalized spacial score (nSPS) is 11.6. The Morgan fingerprint density at radius 2 is 2.04 bits per heavy atom. The SMILES string of the molecule is Cc1c(C(=O)NS(C)(=O)=O)nnn1-c1ccc2ncccc2c1. The summed E-state index contributed by atoms with van der Waals surface area (Å²) in [5.74, 6) is -0.807. The number of carbonyl (C=O) groups excluding carboxylic acids is 1. The number of hydrogen-bond donors (Lipinski definition) is 1. The highest BCUT2D eigenvalue weighted by atomic mass is 32.2. The zero-order valence-corrected chi connectivity index (χ0v) is 13.2. The number of nitrogens with zero attached hydrogens (tertiary/aromatic N) is 4. The molecule has 0 spiro atoms. The highest BCUT2D eigenvalue weighted by molar-refractivity contribution is 7.89. The average molecular weight is 331 g/mol. The van der Waals surface area contributed by atoms with Crippen LogP contribution < -0.4 is 4.72 Å². The van der Waals surface area contributed by atoms with Gasteiger partial charge in [0.2, 0.25) is 10.0 Å². The van der Waals surface area contributed by atoms with E-state index in [9.17, 15) is 13.2 Å². The zero-order valence-electron chi connectivity index (χ0n) is 12.4. The molecule has 0 saturated carbocycles. The molecule has 23 heavy (non-hydrogen) atoms. The Balaban J connectivity index is 2.02. The lowest BCUT2D eigenvalue weighted by Gasteiger charge is -2.05. The number of carbonyl (C=O) groups is 1. The highest BCUT2D eigenvalue weighted by Crippen LogP contribution is 2.18. The third kappa shape index (κ3) is 3.04. The number of nitrogens with one attached hydrogen (secondary N) is 1. The molecule has 0 fully saturated rings. The molecule has 1 amide bonds. The highest BCUT2D eigenvalue weighted by Gasteiger charge is 2.20. The molecular weight excluding hydrogens is 318 g/mol. The van der Waals surface area contributed by atoms with E-state index in [0.29, 0.717) is 11.4 Å². The van der Waals surface area contributed by atoms with E-state index in [1.807, 2.05) is 29.0 Å². The molecule has 9 heteroatoms. The van der Waals surface area contributed by atoms with E-state index < -0.39 is 15.9 Å². The van der Waals surface area contributed by atoms with Crippen molar-refractivity contribution in [3.63, 3.8) is 0 Å². The second kappa shape index (κ2) is 5.43. The molecule has 0 saturated heterocycles. The Kier molecular flexibility index (Phi) is 3.57. The van der Waals surface area contributed by atoms with Crippen molar-refractivity contribution in [3.05, 3.63) is 47.9 Å². The molecule has 0 bridgehead atoms. The summed E-state index contributed by atoms with van der Waals surface area (Å²) >= 11 is 0. The van der Waals surface area contributed by atoms with Crippen LogP contribution in [0.5, 0.6) is 0 Å². The van der Waals surface area contributed by atoms with Crippen LogP contribution in [0.1, 0.15) is 16.2 Å². The third-order valence-corrected chi connectivity index (χ3v) is 3.78. The molecule has 0 atom stereocenters. The van der Waals surface area contributed by atoms with Crippen LogP contribution in [-0.4, -0.2) is 40.6 Å². The van der Waals surface area contributed by atoms with Gasteiger partial charge in [-0.25, -0.2) is 17.8 Å². The Hall–Kier alpha value is -2.81. The Labute approximate surface area is 132 Å². The molecule has 3 rings (SSSR count). The van der Waals surface area contributed by atoms with Crippen LogP contribution >= 0.6 is 0 Å².